The smallest absolute Gasteiger partial charge is 0.165 e. The van der Waals surface area contributed by atoms with E-state index in [1.807, 2.05) is 6.07 Å². The van der Waals surface area contributed by atoms with Gasteiger partial charge in [0.25, 0.3) is 0 Å². The van der Waals surface area contributed by atoms with Crippen LogP contribution < -0.4 is 10.1 Å². The van der Waals surface area contributed by atoms with Crippen molar-refractivity contribution in [1.29, 1.82) is 0 Å². The molecule has 0 saturated carbocycles. The Morgan fingerprint density at radius 1 is 1.32 bits per heavy atom. The molecule has 1 aromatic carbocycles. The Morgan fingerprint density at radius 3 is 2.58 bits per heavy atom. The molecule has 1 rings (SSSR count). The first kappa shape index (κ1) is 15.9. The molecule has 0 aromatic heterocycles. The predicted molar refractivity (Wildman–Crippen MR) is 75.0 cm³/mol. The molecule has 19 heavy (non-hydrogen) atoms. The molecule has 108 valence electrons. The minimum Gasteiger partial charge on any atom is -0.494 e. The molecule has 0 aliphatic carbocycles. The average Bonchev–Trinajstić information content (AvgIpc) is 2.42. The molecular formula is C15H24FNO2. The molecule has 0 spiro atoms. The summed E-state index contributed by atoms with van der Waals surface area (Å²) < 4.78 is 23.9. The van der Waals surface area contributed by atoms with E-state index in [9.17, 15) is 4.39 Å². The summed E-state index contributed by atoms with van der Waals surface area (Å²) in [5.41, 5.74) is 0.948. The zero-order valence-electron chi connectivity index (χ0n) is 12.2. The van der Waals surface area contributed by atoms with Crippen LogP contribution >= 0.6 is 0 Å². The van der Waals surface area contributed by atoms with E-state index >= 15 is 0 Å². The summed E-state index contributed by atoms with van der Waals surface area (Å²) in [6.45, 7) is 5.75. The largest absolute Gasteiger partial charge is 0.494 e. The van der Waals surface area contributed by atoms with Gasteiger partial charge in [0.05, 0.1) is 7.11 Å². The van der Waals surface area contributed by atoms with Crippen molar-refractivity contribution in [2.24, 2.45) is 5.92 Å². The van der Waals surface area contributed by atoms with Crippen LogP contribution in [0.5, 0.6) is 5.75 Å². The third-order valence-electron chi connectivity index (χ3n) is 3.31. The Bertz CT molecular complexity index is 384. The van der Waals surface area contributed by atoms with Gasteiger partial charge in [-0.2, -0.15) is 0 Å². The Balaban J connectivity index is 2.88. The summed E-state index contributed by atoms with van der Waals surface area (Å²) in [6.07, 6.45) is 0.932. The molecule has 1 N–H and O–H groups in total. The monoisotopic (exact) mass is 269 g/mol. The van der Waals surface area contributed by atoms with Crippen molar-refractivity contribution in [3.63, 3.8) is 0 Å². The van der Waals surface area contributed by atoms with Crippen LogP contribution in [0.3, 0.4) is 0 Å². The number of methoxy groups -OCH3 is 2. The van der Waals surface area contributed by atoms with Crippen LogP contribution in [-0.4, -0.2) is 27.4 Å². The minimum absolute atomic E-state index is 0.126. The maximum absolute atomic E-state index is 13.8. The fraction of sp³-hybridized carbons (Fsp3) is 0.600. The molecular weight excluding hydrogens is 245 g/mol. The fourth-order valence-corrected chi connectivity index (χ4v) is 2.21. The fourth-order valence-electron chi connectivity index (χ4n) is 2.21. The van der Waals surface area contributed by atoms with Crippen LogP contribution in [-0.2, 0) is 4.74 Å². The summed E-state index contributed by atoms with van der Waals surface area (Å²) in [6, 6.07) is 5.27. The molecule has 0 saturated heterocycles. The molecule has 0 amide bonds. The summed E-state index contributed by atoms with van der Waals surface area (Å²) in [4.78, 5) is 0. The standard InChI is InChI=1S/C15H24FNO2/c1-5-17-15(11(2)8-9-18-3)12-6-7-14(19-4)13(16)10-12/h6-7,10-11,15,17H,5,8-9H2,1-4H3. The molecule has 2 atom stereocenters. The molecule has 2 unspecified atom stereocenters. The van der Waals surface area contributed by atoms with Gasteiger partial charge in [-0.25, -0.2) is 4.39 Å². The van der Waals surface area contributed by atoms with E-state index in [4.69, 9.17) is 9.47 Å². The van der Waals surface area contributed by atoms with Crippen LogP contribution in [0, 0.1) is 11.7 Å². The quantitative estimate of drug-likeness (QED) is 0.786. The third-order valence-corrected chi connectivity index (χ3v) is 3.31. The summed E-state index contributed by atoms with van der Waals surface area (Å²) in [7, 11) is 3.17. The highest BCUT2D eigenvalue weighted by Gasteiger charge is 2.19. The van der Waals surface area contributed by atoms with E-state index in [1.54, 1.807) is 19.2 Å². The van der Waals surface area contributed by atoms with Crippen molar-refractivity contribution in [1.82, 2.24) is 5.32 Å². The normalized spacial score (nSPS) is 14.2. The lowest BCUT2D eigenvalue weighted by Gasteiger charge is -2.25. The Kier molecular flexibility index (Phi) is 6.81. The highest BCUT2D eigenvalue weighted by molar-refractivity contribution is 5.31. The van der Waals surface area contributed by atoms with Crippen molar-refractivity contribution in [3.8, 4) is 5.75 Å². The number of halogens is 1. The molecule has 0 fully saturated rings. The Labute approximate surface area is 115 Å². The third kappa shape index (κ3) is 4.48. The van der Waals surface area contributed by atoms with Crippen LogP contribution in [0.25, 0.3) is 0 Å². The predicted octanol–water partition coefficient (Wildman–Crippen LogP) is 3.16. The van der Waals surface area contributed by atoms with Crippen molar-refractivity contribution in [3.05, 3.63) is 29.6 Å². The van der Waals surface area contributed by atoms with Crippen molar-refractivity contribution in [2.45, 2.75) is 26.3 Å². The second-order valence-corrected chi connectivity index (χ2v) is 4.69. The van der Waals surface area contributed by atoms with Gasteiger partial charge in [-0.3, -0.25) is 0 Å². The molecule has 0 bridgehead atoms. The van der Waals surface area contributed by atoms with Gasteiger partial charge >= 0.3 is 0 Å². The maximum atomic E-state index is 13.8. The van der Waals surface area contributed by atoms with Gasteiger partial charge in [-0.05, 0) is 36.6 Å². The van der Waals surface area contributed by atoms with Crippen molar-refractivity contribution < 1.29 is 13.9 Å². The SMILES string of the molecule is CCNC(c1ccc(OC)c(F)c1)C(C)CCOC. The van der Waals surface area contributed by atoms with Crippen LogP contribution in [0.2, 0.25) is 0 Å². The zero-order chi connectivity index (χ0) is 14.3. The molecule has 1 aromatic rings. The lowest BCUT2D eigenvalue weighted by atomic mass is 9.92. The Hall–Kier alpha value is -1.13. The van der Waals surface area contributed by atoms with E-state index in [0.717, 1.165) is 18.5 Å². The highest BCUT2D eigenvalue weighted by atomic mass is 19.1. The lowest BCUT2D eigenvalue weighted by molar-refractivity contribution is 0.170. The van der Waals surface area contributed by atoms with Gasteiger partial charge in [-0.1, -0.05) is 19.9 Å². The number of hydrogen-bond acceptors (Lipinski definition) is 3. The van der Waals surface area contributed by atoms with E-state index < -0.39 is 0 Å². The van der Waals surface area contributed by atoms with Gasteiger partial charge in [0.1, 0.15) is 0 Å². The Morgan fingerprint density at radius 2 is 2.05 bits per heavy atom. The first-order valence-electron chi connectivity index (χ1n) is 6.69. The summed E-state index contributed by atoms with van der Waals surface area (Å²) >= 11 is 0. The zero-order valence-corrected chi connectivity index (χ0v) is 12.2. The number of benzene rings is 1. The first-order valence-corrected chi connectivity index (χ1v) is 6.69. The summed E-state index contributed by atoms with van der Waals surface area (Å²) in [5.74, 6) is 0.332. The molecule has 0 heterocycles. The van der Waals surface area contributed by atoms with Gasteiger partial charge < -0.3 is 14.8 Å². The van der Waals surface area contributed by atoms with Crippen LogP contribution in [0.4, 0.5) is 4.39 Å². The topological polar surface area (TPSA) is 30.5 Å². The molecule has 0 aliphatic heterocycles. The van der Waals surface area contributed by atoms with E-state index in [1.165, 1.54) is 7.11 Å². The lowest BCUT2D eigenvalue weighted by Crippen LogP contribution is -2.27. The van der Waals surface area contributed by atoms with E-state index in [0.29, 0.717) is 12.5 Å². The van der Waals surface area contributed by atoms with E-state index in [2.05, 4.69) is 19.2 Å². The molecule has 3 nitrogen and oxygen atoms in total. The minimum atomic E-state index is -0.318. The van der Waals surface area contributed by atoms with Crippen LogP contribution in [0.1, 0.15) is 31.9 Å². The second-order valence-electron chi connectivity index (χ2n) is 4.69. The number of hydrogen-bond donors (Lipinski definition) is 1. The number of rotatable bonds is 8. The van der Waals surface area contributed by atoms with Gasteiger partial charge in [0.2, 0.25) is 0 Å². The van der Waals surface area contributed by atoms with Crippen LogP contribution in [0.15, 0.2) is 18.2 Å². The second kappa shape index (κ2) is 8.12. The van der Waals surface area contributed by atoms with Crippen molar-refractivity contribution in [2.75, 3.05) is 27.4 Å². The van der Waals surface area contributed by atoms with Gasteiger partial charge in [0.15, 0.2) is 11.6 Å². The average molecular weight is 269 g/mol. The maximum Gasteiger partial charge on any atom is 0.165 e. The highest BCUT2D eigenvalue weighted by Crippen LogP contribution is 2.28. The number of nitrogens with one attached hydrogen (secondary N) is 1. The van der Waals surface area contributed by atoms with Gasteiger partial charge in [0, 0.05) is 19.8 Å². The first-order chi connectivity index (χ1) is 9.13. The number of ether oxygens (including phenoxy) is 2. The van der Waals surface area contributed by atoms with Gasteiger partial charge in [-0.15, -0.1) is 0 Å². The molecule has 0 radical (unpaired) electrons. The summed E-state index contributed by atoms with van der Waals surface area (Å²) in [5, 5.41) is 3.41. The van der Waals surface area contributed by atoms with E-state index in [-0.39, 0.29) is 17.6 Å². The van der Waals surface area contributed by atoms with Crippen molar-refractivity contribution >= 4 is 0 Å². The molecule has 4 heteroatoms. The molecule has 0 aliphatic rings.